The van der Waals surface area contributed by atoms with Crippen molar-refractivity contribution in [2.24, 2.45) is 5.41 Å². The van der Waals surface area contributed by atoms with Crippen LogP contribution in [0.1, 0.15) is 107 Å². The highest BCUT2D eigenvalue weighted by Gasteiger charge is 2.20. The maximum absolute atomic E-state index is 10.8. The van der Waals surface area contributed by atoms with E-state index >= 15 is 0 Å². The summed E-state index contributed by atoms with van der Waals surface area (Å²) in [5, 5.41) is 10.8. The Labute approximate surface area is 194 Å². The zero-order chi connectivity index (χ0) is 23.9. The standard InChI is InChI=1S/C30H50O/c1-10-29(8,21-13-19-27(6)17-11-15-25(2)3)23-24-30(9,31)22-14-20-28(7)18-12-16-26(4)5/h10,15-16,19-20,23-24,31H,1,11-14,17-18,21-22H2,2-9H3/b24-23+,27-19+,28-20+/t29-,30+/m1/s1. The number of hydrogen-bond donors (Lipinski definition) is 1. The molecule has 0 rings (SSSR count). The molecule has 0 saturated heterocycles. The van der Waals surface area contributed by atoms with Gasteiger partial charge in [-0.3, -0.25) is 0 Å². The maximum atomic E-state index is 10.8. The highest BCUT2D eigenvalue weighted by Crippen LogP contribution is 2.29. The van der Waals surface area contributed by atoms with E-state index in [9.17, 15) is 5.11 Å². The summed E-state index contributed by atoms with van der Waals surface area (Å²) in [6.45, 7) is 21.2. The third-order valence-electron chi connectivity index (χ3n) is 5.79. The summed E-state index contributed by atoms with van der Waals surface area (Å²) in [5.41, 5.74) is 4.72. The lowest BCUT2D eigenvalue weighted by Gasteiger charge is -2.24. The molecule has 0 aromatic carbocycles. The van der Waals surface area contributed by atoms with Crippen molar-refractivity contribution in [2.75, 3.05) is 0 Å². The summed E-state index contributed by atoms with van der Waals surface area (Å²) in [6, 6.07) is 0. The first kappa shape index (κ1) is 29.4. The van der Waals surface area contributed by atoms with Crippen molar-refractivity contribution < 1.29 is 5.11 Å². The SMILES string of the molecule is C=C[C@@](C)(/C=C/[C@@](C)(O)CC/C=C(\C)CCC=C(C)C)CC/C=C(\C)CCC=C(C)C. The van der Waals surface area contributed by atoms with Gasteiger partial charge in [-0.2, -0.15) is 0 Å². The van der Waals surface area contributed by atoms with E-state index in [1.165, 1.54) is 22.3 Å². The minimum absolute atomic E-state index is 0.100. The molecule has 1 N–H and O–H groups in total. The lowest BCUT2D eigenvalue weighted by Crippen LogP contribution is -2.22. The lowest BCUT2D eigenvalue weighted by atomic mass is 9.83. The van der Waals surface area contributed by atoms with E-state index in [1.54, 1.807) is 0 Å². The molecule has 176 valence electrons. The third-order valence-corrected chi connectivity index (χ3v) is 5.79. The Kier molecular flexibility index (Phi) is 14.5. The van der Waals surface area contributed by atoms with Gasteiger partial charge in [0, 0.05) is 5.41 Å². The van der Waals surface area contributed by atoms with Gasteiger partial charge < -0.3 is 5.11 Å². The molecule has 0 aromatic heterocycles. The van der Waals surface area contributed by atoms with Gasteiger partial charge in [-0.25, -0.2) is 0 Å². The van der Waals surface area contributed by atoms with Gasteiger partial charge in [-0.05, 0) is 99.8 Å². The first-order chi connectivity index (χ1) is 14.4. The molecular weight excluding hydrogens is 376 g/mol. The van der Waals surface area contributed by atoms with Crippen molar-refractivity contribution in [3.05, 3.63) is 71.4 Å². The van der Waals surface area contributed by atoms with Crippen LogP contribution in [0.25, 0.3) is 0 Å². The molecule has 0 spiro atoms. The summed E-state index contributed by atoms with van der Waals surface area (Å²) in [5.74, 6) is 0. The Balaban J connectivity index is 4.66. The van der Waals surface area contributed by atoms with Crippen molar-refractivity contribution in [2.45, 2.75) is 112 Å². The van der Waals surface area contributed by atoms with Gasteiger partial charge in [0.2, 0.25) is 0 Å². The molecule has 0 aliphatic heterocycles. The van der Waals surface area contributed by atoms with Crippen molar-refractivity contribution in [1.29, 1.82) is 0 Å². The number of aliphatic hydroxyl groups is 1. The second-order valence-corrected chi connectivity index (χ2v) is 10.2. The topological polar surface area (TPSA) is 20.2 Å². The minimum atomic E-state index is -0.795. The molecule has 0 aliphatic rings. The summed E-state index contributed by atoms with van der Waals surface area (Å²) < 4.78 is 0. The summed E-state index contributed by atoms with van der Waals surface area (Å²) >= 11 is 0. The van der Waals surface area contributed by atoms with E-state index < -0.39 is 5.60 Å². The van der Waals surface area contributed by atoms with Crippen LogP contribution in [0.5, 0.6) is 0 Å². The molecular formula is C30H50O. The summed E-state index contributed by atoms with van der Waals surface area (Å²) in [6.07, 6.45) is 23.5. The lowest BCUT2D eigenvalue weighted by molar-refractivity contribution is 0.102. The van der Waals surface area contributed by atoms with E-state index in [-0.39, 0.29) is 5.41 Å². The third kappa shape index (κ3) is 16.7. The number of allylic oxidation sites excluding steroid dienone is 10. The van der Waals surface area contributed by atoms with Crippen molar-refractivity contribution in [3.63, 3.8) is 0 Å². The highest BCUT2D eigenvalue weighted by molar-refractivity contribution is 5.13. The molecule has 1 nitrogen and oxygen atoms in total. The Morgan fingerprint density at radius 1 is 0.677 bits per heavy atom. The molecule has 0 heterocycles. The smallest absolute Gasteiger partial charge is 0.0802 e. The van der Waals surface area contributed by atoms with Crippen molar-refractivity contribution in [3.8, 4) is 0 Å². The second kappa shape index (κ2) is 15.2. The van der Waals surface area contributed by atoms with Crippen LogP contribution in [0.15, 0.2) is 71.4 Å². The van der Waals surface area contributed by atoms with Crippen LogP contribution in [0.2, 0.25) is 0 Å². The fraction of sp³-hybridized carbons (Fsp3) is 0.600. The molecule has 0 saturated carbocycles. The molecule has 0 radical (unpaired) electrons. The molecule has 0 amide bonds. The van der Waals surface area contributed by atoms with Crippen molar-refractivity contribution >= 4 is 0 Å². The fourth-order valence-electron chi connectivity index (χ4n) is 3.33. The first-order valence-corrected chi connectivity index (χ1v) is 12.0. The van der Waals surface area contributed by atoms with Crippen LogP contribution in [-0.4, -0.2) is 10.7 Å². The van der Waals surface area contributed by atoms with E-state index in [1.807, 2.05) is 19.1 Å². The van der Waals surface area contributed by atoms with Gasteiger partial charge in [-0.1, -0.05) is 71.7 Å². The zero-order valence-corrected chi connectivity index (χ0v) is 21.9. The van der Waals surface area contributed by atoms with Crippen LogP contribution >= 0.6 is 0 Å². The van der Waals surface area contributed by atoms with E-state index in [0.29, 0.717) is 0 Å². The minimum Gasteiger partial charge on any atom is -0.386 e. The van der Waals surface area contributed by atoms with E-state index in [2.05, 4.69) is 85.4 Å². The monoisotopic (exact) mass is 426 g/mol. The first-order valence-electron chi connectivity index (χ1n) is 12.0. The largest absolute Gasteiger partial charge is 0.386 e. The average Bonchev–Trinajstić information content (AvgIpc) is 2.66. The number of rotatable bonds is 15. The maximum Gasteiger partial charge on any atom is 0.0802 e. The quantitative estimate of drug-likeness (QED) is 0.258. The van der Waals surface area contributed by atoms with Gasteiger partial charge in [0.15, 0.2) is 0 Å². The van der Waals surface area contributed by atoms with Crippen LogP contribution in [0, 0.1) is 5.41 Å². The van der Waals surface area contributed by atoms with E-state index in [4.69, 9.17) is 0 Å². The predicted molar refractivity (Wildman–Crippen MR) is 141 cm³/mol. The Hall–Kier alpha value is -1.60. The van der Waals surface area contributed by atoms with Crippen LogP contribution in [0.4, 0.5) is 0 Å². The van der Waals surface area contributed by atoms with Crippen LogP contribution < -0.4 is 0 Å². The van der Waals surface area contributed by atoms with Crippen LogP contribution in [0.3, 0.4) is 0 Å². The molecule has 1 heteroatoms. The molecule has 0 fully saturated rings. The summed E-state index contributed by atoms with van der Waals surface area (Å²) in [4.78, 5) is 0. The fourth-order valence-corrected chi connectivity index (χ4v) is 3.33. The van der Waals surface area contributed by atoms with E-state index in [0.717, 1.165) is 51.4 Å². The molecule has 2 atom stereocenters. The molecule has 0 bridgehead atoms. The average molecular weight is 427 g/mol. The predicted octanol–water partition coefficient (Wildman–Crippen LogP) is 9.43. The van der Waals surface area contributed by atoms with Gasteiger partial charge in [0.05, 0.1) is 5.60 Å². The Bertz CT molecular complexity index is 673. The molecule has 0 aliphatic carbocycles. The normalized spacial score (nSPS) is 16.5. The van der Waals surface area contributed by atoms with Crippen LogP contribution in [-0.2, 0) is 0 Å². The number of hydrogen-bond acceptors (Lipinski definition) is 1. The van der Waals surface area contributed by atoms with Gasteiger partial charge in [0.25, 0.3) is 0 Å². The summed E-state index contributed by atoms with van der Waals surface area (Å²) in [7, 11) is 0. The van der Waals surface area contributed by atoms with Gasteiger partial charge >= 0.3 is 0 Å². The van der Waals surface area contributed by atoms with Gasteiger partial charge in [0.1, 0.15) is 0 Å². The van der Waals surface area contributed by atoms with Crippen molar-refractivity contribution in [1.82, 2.24) is 0 Å². The molecule has 0 unspecified atom stereocenters. The highest BCUT2D eigenvalue weighted by atomic mass is 16.3. The Morgan fingerprint density at radius 2 is 1.13 bits per heavy atom. The second-order valence-electron chi connectivity index (χ2n) is 10.2. The molecule has 0 aromatic rings. The van der Waals surface area contributed by atoms with Gasteiger partial charge in [-0.15, -0.1) is 6.58 Å². The molecule has 31 heavy (non-hydrogen) atoms. The zero-order valence-electron chi connectivity index (χ0n) is 21.9. The Morgan fingerprint density at radius 3 is 1.55 bits per heavy atom.